The second kappa shape index (κ2) is 6.23. The van der Waals surface area contributed by atoms with Crippen LogP contribution in [0.25, 0.3) is 0 Å². The summed E-state index contributed by atoms with van der Waals surface area (Å²) in [5.41, 5.74) is 4.96. The lowest BCUT2D eigenvalue weighted by molar-refractivity contribution is 0.971. The summed E-state index contributed by atoms with van der Waals surface area (Å²) in [7, 11) is 0. The number of nitrogens with one attached hydrogen (secondary N) is 2. The van der Waals surface area contributed by atoms with Crippen LogP contribution >= 0.6 is 11.8 Å². The summed E-state index contributed by atoms with van der Waals surface area (Å²) in [5.74, 6) is 6.54. The molecule has 20 heavy (non-hydrogen) atoms. The molecule has 0 atom stereocenters. The van der Waals surface area contributed by atoms with Crippen molar-refractivity contribution in [2.24, 2.45) is 5.84 Å². The number of anilines is 3. The molecule has 4 N–H and O–H groups in total. The minimum atomic E-state index is 0.529. The van der Waals surface area contributed by atoms with Gasteiger partial charge in [-0.25, -0.2) is 15.8 Å². The van der Waals surface area contributed by atoms with Crippen LogP contribution in [0.3, 0.4) is 0 Å². The number of nitrogens with two attached hydrogens (primary N) is 1. The molecular weight excluding hydrogens is 272 g/mol. The molecule has 0 amide bonds. The van der Waals surface area contributed by atoms with E-state index in [4.69, 9.17) is 11.1 Å². The lowest BCUT2D eigenvalue weighted by Gasteiger charge is -2.11. The summed E-state index contributed by atoms with van der Waals surface area (Å²) in [4.78, 5) is 8.55. The Hall–Kier alpha value is -2.30. The zero-order valence-electron chi connectivity index (χ0n) is 11.1. The zero-order valence-corrected chi connectivity index (χ0v) is 12.0. The third kappa shape index (κ3) is 3.17. The van der Waals surface area contributed by atoms with Gasteiger partial charge in [0.15, 0.2) is 5.16 Å². The van der Waals surface area contributed by atoms with E-state index in [0.29, 0.717) is 22.4 Å². The fourth-order valence-electron chi connectivity index (χ4n) is 1.62. The van der Waals surface area contributed by atoms with Crippen molar-refractivity contribution in [1.29, 1.82) is 5.26 Å². The van der Waals surface area contributed by atoms with Crippen molar-refractivity contribution in [3.8, 4) is 6.07 Å². The molecule has 1 heterocycles. The average molecular weight is 286 g/mol. The number of hydrogen-bond acceptors (Lipinski definition) is 7. The van der Waals surface area contributed by atoms with Gasteiger partial charge in [-0.15, -0.1) is 0 Å². The molecule has 7 heteroatoms. The largest absolute Gasteiger partial charge is 0.340 e. The van der Waals surface area contributed by atoms with E-state index in [-0.39, 0.29) is 0 Å². The topological polar surface area (TPSA) is 99.6 Å². The maximum Gasteiger partial charge on any atom is 0.191 e. The normalized spacial score (nSPS) is 9.90. The van der Waals surface area contributed by atoms with Gasteiger partial charge in [0, 0.05) is 11.8 Å². The number of benzene rings is 1. The number of thioether (sulfide) groups is 1. The quantitative estimate of drug-likeness (QED) is 0.343. The summed E-state index contributed by atoms with van der Waals surface area (Å²) in [6, 6.07) is 9.27. The highest BCUT2D eigenvalue weighted by Crippen LogP contribution is 2.23. The lowest BCUT2D eigenvalue weighted by Crippen LogP contribution is -2.10. The zero-order chi connectivity index (χ0) is 14.5. The number of rotatable bonds is 4. The van der Waals surface area contributed by atoms with Gasteiger partial charge in [0.2, 0.25) is 0 Å². The molecule has 0 aliphatic carbocycles. The van der Waals surface area contributed by atoms with Crippen LogP contribution in [0.1, 0.15) is 11.1 Å². The van der Waals surface area contributed by atoms with Gasteiger partial charge in [-0.05, 0) is 30.9 Å². The number of aryl methyl sites for hydroxylation is 1. The van der Waals surface area contributed by atoms with E-state index in [1.165, 1.54) is 11.8 Å². The molecule has 1 aromatic carbocycles. The Labute approximate surface area is 121 Å². The minimum Gasteiger partial charge on any atom is -0.340 e. The number of aromatic nitrogens is 2. The molecule has 2 rings (SSSR count). The molecule has 1 aromatic heterocycles. The third-order valence-electron chi connectivity index (χ3n) is 2.67. The van der Waals surface area contributed by atoms with E-state index in [0.717, 1.165) is 11.3 Å². The predicted molar refractivity (Wildman–Crippen MR) is 80.8 cm³/mol. The first-order valence-electron chi connectivity index (χ1n) is 5.83. The van der Waals surface area contributed by atoms with Crippen LogP contribution in [-0.2, 0) is 0 Å². The monoisotopic (exact) mass is 286 g/mol. The fraction of sp³-hybridized carbons (Fsp3) is 0.154. The third-order valence-corrected chi connectivity index (χ3v) is 3.21. The first-order chi connectivity index (χ1) is 9.66. The summed E-state index contributed by atoms with van der Waals surface area (Å²) in [5, 5.41) is 12.7. The van der Waals surface area contributed by atoms with Gasteiger partial charge in [0.25, 0.3) is 0 Å². The van der Waals surface area contributed by atoms with Crippen molar-refractivity contribution in [1.82, 2.24) is 9.97 Å². The van der Waals surface area contributed by atoms with Crippen LogP contribution in [0.4, 0.5) is 17.3 Å². The smallest absolute Gasteiger partial charge is 0.191 e. The van der Waals surface area contributed by atoms with Gasteiger partial charge in [-0.3, -0.25) is 0 Å². The Kier molecular flexibility index (Phi) is 4.40. The first kappa shape index (κ1) is 14.1. The van der Waals surface area contributed by atoms with E-state index < -0.39 is 0 Å². The second-order valence-corrected chi connectivity index (χ2v) is 4.81. The molecule has 102 valence electrons. The molecular formula is C13H14N6S. The van der Waals surface area contributed by atoms with Crippen molar-refractivity contribution >= 4 is 29.1 Å². The predicted octanol–water partition coefficient (Wildman–Crippen LogP) is 2.41. The molecule has 0 unspecified atom stereocenters. The van der Waals surface area contributed by atoms with E-state index in [1.807, 2.05) is 19.2 Å². The van der Waals surface area contributed by atoms with Crippen LogP contribution in [0, 0.1) is 18.3 Å². The van der Waals surface area contributed by atoms with Crippen molar-refractivity contribution < 1.29 is 0 Å². The molecule has 0 fully saturated rings. The van der Waals surface area contributed by atoms with Crippen molar-refractivity contribution in [3.63, 3.8) is 0 Å². The average Bonchev–Trinajstić information content (AvgIpc) is 2.49. The Balaban J connectivity index is 2.36. The van der Waals surface area contributed by atoms with E-state index in [2.05, 4.69) is 26.8 Å². The Morgan fingerprint density at radius 3 is 2.65 bits per heavy atom. The highest BCUT2D eigenvalue weighted by atomic mass is 32.2. The fourth-order valence-corrected chi connectivity index (χ4v) is 2.00. The van der Waals surface area contributed by atoms with Crippen LogP contribution in [0.15, 0.2) is 29.4 Å². The molecule has 0 aliphatic rings. The highest BCUT2D eigenvalue weighted by Gasteiger charge is 2.06. The summed E-state index contributed by atoms with van der Waals surface area (Å²) < 4.78 is 0. The van der Waals surface area contributed by atoms with E-state index in [9.17, 15) is 0 Å². The molecule has 0 saturated carbocycles. The standard InChI is InChI=1S/C13H14N6S/c1-8-3-4-9(7-14)5-10(8)16-11-6-12(19-15)18-13(17-11)20-2/h3-6H,15H2,1-2H3,(H2,16,17,18,19). The summed E-state index contributed by atoms with van der Waals surface area (Å²) >= 11 is 1.42. The molecule has 0 bridgehead atoms. The van der Waals surface area contributed by atoms with Crippen molar-refractivity contribution in [3.05, 3.63) is 35.4 Å². The van der Waals surface area contributed by atoms with Gasteiger partial charge in [0.05, 0.1) is 11.6 Å². The summed E-state index contributed by atoms with van der Waals surface area (Å²) in [6.45, 7) is 1.96. The molecule has 0 radical (unpaired) electrons. The number of nitrogens with zero attached hydrogens (tertiary/aromatic N) is 3. The van der Waals surface area contributed by atoms with Crippen LogP contribution < -0.4 is 16.6 Å². The van der Waals surface area contributed by atoms with Crippen LogP contribution in [0.5, 0.6) is 0 Å². The summed E-state index contributed by atoms with van der Waals surface area (Å²) in [6.07, 6.45) is 1.89. The molecule has 0 saturated heterocycles. The second-order valence-electron chi connectivity index (χ2n) is 4.04. The van der Waals surface area contributed by atoms with Crippen LogP contribution in [-0.4, -0.2) is 16.2 Å². The van der Waals surface area contributed by atoms with E-state index in [1.54, 1.807) is 18.2 Å². The Morgan fingerprint density at radius 2 is 2.00 bits per heavy atom. The highest BCUT2D eigenvalue weighted by molar-refractivity contribution is 7.98. The SMILES string of the molecule is CSc1nc(NN)cc(Nc2cc(C#N)ccc2C)n1. The molecule has 0 spiro atoms. The Bertz CT molecular complexity index is 642. The maximum atomic E-state index is 8.95. The van der Waals surface area contributed by atoms with Crippen molar-refractivity contribution in [2.75, 3.05) is 17.0 Å². The number of nitrogen functional groups attached to an aromatic ring is 1. The lowest BCUT2D eigenvalue weighted by atomic mass is 10.1. The number of nitriles is 1. The molecule has 6 nitrogen and oxygen atoms in total. The number of hydrogen-bond donors (Lipinski definition) is 3. The van der Waals surface area contributed by atoms with Gasteiger partial charge in [-0.2, -0.15) is 5.26 Å². The van der Waals surface area contributed by atoms with Gasteiger partial charge >= 0.3 is 0 Å². The van der Waals surface area contributed by atoms with E-state index >= 15 is 0 Å². The van der Waals surface area contributed by atoms with Crippen molar-refractivity contribution in [2.45, 2.75) is 12.1 Å². The Morgan fingerprint density at radius 1 is 1.25 bits per heavy atom. The number of hydrazine groups is 1. The first-order valence-corrected chi connectivity index (χ1v) is 7.06. The minimum absolute atomic E-state index is 0.529. The molecule has 0 aliphatic heterocycles. The van der Waals surface area contributed by atoms with Gasteiger partial charge in [0.1, 0.15) is 11.6 Å². The molecule has 2 aromatic rings. The van der Waals surface area contributed by atoms with Gasteiger partial charge in [-0.1, -0.05) is 17.8 Å². The van der Waals surface area contributed by atoms with Crippen LogP contribution in [0.2, 0.25) is 0 Å². The maximum absolute atomic E-state index is 8.95. The van der Waals surface area contributed by atoms with Gasteiger partial charge < -0.3 is 10.7 Å².